The fourth-order valence-electron chi connectivity index (χ4n) is 2.97. The van der Waals surface area contributed by atoms with E-state index in [0.29, 0.717) is 40.8 Å². The first-order valence-corrected chi connectivity index (χ1v) is 11.6. The number of hydrogen-bond donors (Lipinski definition) is 1. The average molecular weight is 460 g/mol. The number of nitrogens with zero attached hydrogens (tertiary/aromatic N) is 2. The van der Waals surface area contributed by atoms with Crippen LogP contribution in [0.4, 0.5) is 0 Å². The van der Waals surface area contributed by atoms with Crippen LogP contribution in [0.5, 0.6) is 0 Å². The lowest BCUT2D eigenvalue weighted by Gasteiger charge is -2.13. The van der Waals surface area contributed by atoms with Crippen LogP contribution in [0.15, 0.2) is 58.5 Å². The predicted octanol–water partition coefficient (Wildman–Crippen LogP) is 4.12. The van der Waals surface area contributed by atoms with E-state index in [1.165, 1.54) is 11.8 Å². The number of rotatable bonds is 10. The minimum absolute atomic E-state index is 0.102. The molecule has 0 aliphatic rings. The highest BCUT2D eigenvalue weighted by Crippen LogP contribution is 2.19. The maximum absolute atomic E-state index is 13.1. The van der Waals surface area contributed by atoms with Gasteiger partial charge in [0.25, 0.3) is 5.56 Å². The van der Waals surface area contributed by atoms with Gasteiger partial charge in [-0.05, 0) is 50.1 Å². The lowest BCUT2D eigenvalue weighted by molar-refractivity contribution is -0.118. The van der Waals surface area contributed by atoms with Crippen molar-refractivity contribution in [2.45, 2.75) is 38.1 Å². The standard InChI is InChI=1S/C23H26ClN3O3S/c1-16(2)30-13-5-12-25-21(28)15-31-23-26-20-7-4-3-6-19(20)22(29)27(23)14-17-8-10-18(24)11-9-17/h3-4,6-11,16H,5,12-15H2,1-2H3,(H,25,28). The number of ether oxygens (including phenoxy) is 1. The van der Waals surface area contributed by atoms with Gasteiger partial charge in [0.1, 0.15) is 0 Å². The zero-order valence-corrected chi connectivity index (χ0v) is 19.2. The lowest BCUT2D eigenvalue weighted by Crippen LogP contribution is -2.28. The average Bonchev–Trinajstić information content (AvgIpc) is 2.75. The van der Waals surface area contributed by atoms with E-state index < -0.39 is 0 Å². The second-order valence-electron chi connectivity index (χ2n) is 7.34. The number of fused-ring (bicyclic) bond motifs is 1. The van der Waals surface area contributed by atoms with Gasteiger partial charge in [-0.25, -0.2) is 4.98 Å². The predicted molar refractivity (Wildman–Crippen MR) is 126 cm³/mol. The number of carbonyl (C=O) groups is 1. The van der Waals surface area contributed by atoms with Gasteiger partial charge in [0.15, 0.2) is 5.16 Å². The van der Waals surface area contributed by atoms with Crippen molar-refractivity contribution < 1.29 is 9.53 Å². The first-order valence-electron chi connectivity index (χ1n) is 10.2. The third kappa shape index (κ3) is 6.82. The van der Waals surface area contributed by atoms with E-state index in [1.807, 2.05) is 44.2 Å². The highest BCUT2D eigenvalue weighted by Gasteiger charge is 2.14. The van der Waals surface area contributed by atoms with Crippen LogP contribution in [0.25, 0.3) is 10.9 Å². The van der Waals surface area contributed by atoms with E-state index in [-0.39, 0.29) is 23.3 Å². The monoisotopic (exact) mass is 459 g/mol. The molecule has 2 aromatic carbocycles. The summed E-state index contributed by atoms with van der Waals surface area (Å²) in [6.45, 7) is 5.47. The van der Waals surface area contributed by atoms with Gasteiger partial charge in [-0.1, -0.05) is 47.6 Å². The molecular weight excluding hydrogens is 434 g/mol. The molecule has 164 valence electrons. The van der Waals surface area contributed by atoms with Crippen molar-refractivity contribution in [1.82, 2.24) is 14.9 Å². The summed E-state index contributed by atoms with van der Waals surface area (Å²) < 4.78 is 7.08. The zero-order chi connectivity index (χ0) is 22.2. The highest BCUT2D eigenvalue weighted by molar-refractivity contribution is 7.99. The number of carbonyl (C=O) groups excluding carboxylic acids is 1. The lowest BCUT2D eigenvalue weighted by atomic mass is 10.2. The molecule has 1 amide bonds. The molecule has 0 bridgehead atoms. The number of nitrogens with one attached hydrogen (secondary N) is 1. The Morgan fingerprint density at radius 2 is 1.94 bits per heavy atom. The number of thioether (sulfide) groups is 1. The smallest absolute Gasteiger partial charge is 0.262 e. The highest BCUT2D eigenvalue weighted by atomic mass is 35.5. The van der Waals surface area contributed by atoms with Gasteiger partial charge in [-0.15, -0.1) is 0 Å². The molecule has 8 heteroatoms. The molecule has 1 N–H and O–H groups in total. The van der Waals surface area contributed by atoms with E-state index in [2.05, 4.69) is 10.3 Å². The molecule has 0 unspecified atom stereocenters. The summed E-state index contributed by atoms with van der Waals surface area (Å²) in [4.78, 5) is 30.1. The Labute approximate surface area is 191 Å². The van der Waals surface area contributed by atoms with Gasteiger partial charge in [0.2, 0.25) is 5.91 Å². The van der Waals surface area contributed by atoms with Gasteiger partial charge >= 0.3 is 0 Å². The summed E-state index contributed by atoms with van der Waals surface area (Å²) in [5.74, 6) is 0.0752. The van der Waals surface area contributed by atoms with Crippen LogP contribution in [0.2, 0.25) is 5.02 Å². The molecule has 0 aliphatic heterocycles. The molecule has 31 heavy (non-hydrogen) atoms. The van der Waals surface area contributed by atoms with Gasteiger partial charge in [0.05, 0.1) is 29.3 Å². The molecule has 1 heterocycles. The van der Waals surface area contributed by atoms with Crippen molar-refractivity contribution in [3.05, 3.63) is 69.5 Å². The van der Waals surface area contributed by atoms with Crippen molar-refractivity contribution in [2.24, 2.45) is 0 Å². The van der Waals surface area contributed by atoms with Crippen molar-refractivity contribution in [1.29, 1.82) is 0 Å². The number of amides is 1. The molecule has 0 saturated heterocycles. The maximum Gasteiger partial charge on any atom is 0.262 e. The molecule has 0 fully saturated rings. The molecule has 0 atom stereocenters. The quantitative estimate of drug-likeness (QED) is 0.280. The second kappa shape index (κ2) is 11.3. The Kier molecular flexibility index (Phi) is 8.51. The molecule has 0 aliphatic carbocycles. The van der Waals surface area contributed by atoms with Crippen LogP contribution in [0.3, 0.4) is 0 Å². The van der Waals surface area contributed by atoms with Crippen LogP contribution in [0, 0.1) is 0 Å². The summed E-state index contributed by atoms with van der Waals surface area (Å²) in [7, 11) is 0. The molecule has 6 nitrogen and oxygen atoms in total. The number of aromatic nitrogens is 2. The van der Waals surface area contributed by atoms with Crippen molar-refractivity contribution in [2.75, 3.05) is 18.9 Å². The van der Waals surface area contributed by atoms with Crippen molar-refractivity contribution in [3.63, 3.8) is 0 Å². The summed E-state index contributed by atoms with van der Waals surface area (Å²) in [6.07, 6.45) is 0.937. The Balaban J connectivity index is 1.73. The van der Waals surface area contributed by atoms with Crippen molar-refractivity contribution >= 4 is 40.2 Å². The summed E-state index contributed by atoms with van der Waals surface area (Å²) in [6, 6.07) is 14.6. The topological polar surface area (TPSA) is 73.2 Å². The Morgan fingerprint density at radius 3 is 2.68 bits per heavy atom. The van der Waals surface area contributed by atoms with Crippen molar-refractivity contribution in [3.8, 4) is 0 Å². The van der Waals surface area contributed by atoms with E-state index in [0.717, 1.165) is 12.0 Å². The van der Waals surface area contributed by atoms with E-state index in [9.17, 15) is 9.59 Å². The molecule has 3 rings (SSSR count). The SMILES string of the molecule is CC(C)OCCCNC(=O)CSc1nc2ccccc2c(=O)n1Cc1ccc(Cl)cc1. The first-order chi connectivity index (χ1) is 14.9. The molecule has 1 aromatic heterocycles. The van der Waals surface area contributed by atoms with Gasteiger partial charge in [0, 0.05) is 18.2 Å². The maximum atomic E-state index is 13.1. The van der Waals surface area contributed by atoms with E-state index in [1.54, 1.807) is 22.8 Å². The van der Waals surface area contributed by atoms with Crippen LogP contribution in [-0.2, 0) is 16.1 Å². The minimum Gasteiger partial charge on any atom is -0.379 e. The van der Waals surface area contributed by atoms with Gasteiger partial charge in [-0.3, -0.25) is 14.2 Å². The Morgan fingerprint density at radius 1 is 1.19 bits per heavy atom. The molecule has 0 spiro atoms. The van der Waals surface area contributed by atoms with Crippen LogP contribution < -0.4 is 10.9 Å². The normalized spacial score (nSPS) is 11.2. The summed E-state index contributed by atoms with van der Waals surface area (Å²) >= 11 is 7.24. The minimum atomic E-state index is -0.130. The second-order valence-corrected chi connectivity index (χ2v) is 8.72. The third-order valence-electron chi connectivity index (χ3n) is 4.51. The molecule has 3 aromatic rings. The van der Waals surface area contributed by atoms with Gasteiger partial charge < -0.3 is 10.1 Å². The fourth-order valence-corrected chi connectivity index (χ4v) is 3.92. The number of hydrogen-bond acceptors (Lipinski definition) is 5. The molecular formula is C23H26ClN3O3S. The number of benzene rings is 2. The third-order valence-corrected chi connectivity index (χ3v) is 5.74. The largest absolute Gasteiger partial charge is 0.379 e. The van der Waals surface area contributed by atoms with E-state index in [4.69, 9.17) is 16.3 Å². The van der Waals surface area contributed by atoms with Gasteiger partial charge in [-0.2, -0.15) is 0 Å². The summed E-state index contributed by atoms with van der Waals surface area (Å²) in [5.41, 5.74) is 1.42. The Bertz CT molecular complexity index is 1080. The zero-order valence-electron chi connectivity index (χ0n) is 17.6. The van der Waals surface area contributed by atoms with Crippen LogP contribution in [-0.4, -0.2) is 40.5 Å². The first kappa shape index (κ1) is 23.3. The fraction of sp³-hybridized carbons (Fsp3) is 0.348. The Hall–Kier alpha value is -2.35. The molecule has 0 saturated carbocycles. The molecule has 0 radical (unpaired) electrons. The number of para-hydroxylation sites is 1. The summed E-state index contributed by atoms with van der Waals surface area (Å²) in [5, 5.41) is 4.58. The van der Waals surface area contributed by atoms with Crippen LogP contribution >= 0.6 is 23.4 Å². The van der Waals surface area contributed by atoms with E-state index >= 15 is 0 Å². The van der Waals surface area contributed by atoms with Crippen LogP contribution in [0.1, 0.15) is 25.8 Å². The number of halogens is 1.